The molecule has 25 heavy (non-hydrogen) atoms. The lowest BCUT2D eigenvalue weighted by Crippen LogP contribution is -2.24. The second-order valence-corrected chi connectivity index (χ2v) is 8.19. The lowest BCUT2D eigenvalue weighted by Gasteiger charge is -2.19. The standard InChI is InChI=1S/C20H24N2O2S/c1-14-2-5-18(10-21-14)24-19-8-15-11-22(12-16(15)9-19)13-25-20-6-3-17(23)4-7-20/h2-7,10,15-16,19,23H,8-9,11-13H2,1H3/t15-,16+,19+. The first kappa shape index (κ1) is 16.7. The molecule has 1 saturated carbocycles. The number of aryl methyl sites for hydroxylation is 1. The van der Waals surface area contributed by atoms with Crippen molar-refractivity contribution >= 4 is 11.8 Å². The van der Waals surface area contributed by atoms with Gasteiger partial charge in [-0.3, -0.25) is 9.88 Å². The molecular formula is C20H24N2O2S. The Balaban J connectivity index is 1.24. The van der Waals surface area contributed by atoms with Crippen molar-refractivity contribution in [2.75, 3.05) is 19.0 Å². The zero-order chi connectivity index (χ0) is 17.2. The number of aromatic hydroxyl groups is 1. The molecule has 1 aliphatic heterocycles. The Morgan fingerprint density at radius 1 is 1.12 bits per heavy atom. The second-order valence-electron chi connectivity index (χ2n) is 7.17. The highest BCUT2D eigenvalue weighted by molar-refractivity contribution is 7.99. The highest BCUT2D eigenvalue weighted by Gasteiger charge is 2.41. The summed E-state index contributed by atoms with van der Waals surface area (Å²) in [7, 11) is 0. The molecule has 4 nitrogen and oxygen atoms in total. The first-order chi connectivity index (χ1) is 12.2. The Hall–Kier alpha value is -1.72. The highest BCUT2D eigenvalue weighted by atomic mass is 32.2. The number of rotatable bonds is 5. The van der Waals surface area contributed by atoms with Gasteiger partial charge in [-0.1, -0.05) is 0 Å². The van der Waals surface area contributed by atoms with Gasteiger partial charge in [0.1, 0.15) is 11.5 Å². The summed E-state index contributed by atoms with van der Waals surface area (Å²) in [4.78, 5) is 8.08. The molecular weight excluding hydrogens is 332 g/mol. The van der Waals surface area contributed by atoms with Gasteiger partial charge < -0.3 is 9.84 Å². The zero-order valence-corrected chi connectivity index (χ0v) is 15.3. The summed E-state index contributed by atoms with van der Waals surface area (Å²) in [6.07, 6.45) is 4.48. The predicted molar refractivity (Wildman–Crippen MR) is 100 cm³/mol. The number of phenols is 1. The van der Waals surface area contributed by atoms with Crippen molar-refractivity contribution in [3.8, 4) is 11.5 Å². The number of hydrogen-bond acceptors (Lipinski definition) is 5. The molecule has 2 aromatic rings. The first-order valence-corrected chi connectivity index (χ1v) is 9.88. The summed E-state index contributed by atoms with van der Waals surface area (Å²) >= 11 is 1.85. The number of thioether (sulfide) groups is 1. The van der Waals surface area contributed by atoms with Gasteiger partial charge in [-0.2, -0.15) is 0 Å². The van der Waals surface area contributed by atoms with Gasteiger partial charge in [0.25, 0.3) is 0 Å². The molecule has 132 valence electrons. The van der Waals surface area contributed by atoms with Crippen molar-refractivity contribution in [1.82, 2.24) is 9.88 Å². The SMILES string of the molecule is Cc1ccc(O[C@H]2C[C@@H]3CN(CSc4ccc(O)cc4)C[C@@H]3C2)cn1. The monoisotopic (exact) mass is 356 g/mol. The van der Waals surface area contributed by atoms with Crippen LogP contribution in [0.4, 0.5) is 0 Å². The molecule has 0 unspecified atom stereocenters. The van der Waals surface area contributed by atoms with Gasteiger partial charge in [-0.15, -0.1) is 11.8 Å². The average molecular weight is 356 g/mol. The van der Waals surface area contributed by atoms with Crippen LogP contribution in [0.3, 0.4) is 0 Å². The predicted octanol–water partition coefficient (Wildman–Crippen LogP) is 3.93. The number of hydrogen-bond donors (Lipinski definition) is 1. The van der Waals surface area contributed by atoms with Crippen LogP contribution in [0, 0.1) is 18.8 Å². The molecule has 1 saturated heterocycles. The molecule has 2 aliphatic rings. The van der Waals surface area contributed by atoms with Crippen LogP contribution in [0.25, 0.3) is 0 Å². The Morgan fingerprint density at radius 2 is 1.84 bits per heavy atom. The number of aromatic nitrogens is 1. The molecule has 1 aliphatic carbocycles. The Bertz CT molecular complexity index is 691. The number of phenolic OH excluding ortho intramolecular Hbond substituents is 1. The largest absolute Gasteiger partial charge is 0.508 e. The van der Waals surface area contributed by atoms with Crippen LogP contribution in [0.1, 0.15) is 18.5 Å². The van der Waals surface area contributed by atoms with Gasteiger partial charge in [0.15, 0.2) is 0 Å². The van der Waals surface area contributed by atoms with Crippen molar-refractivity contribution in [3.05, 3.63) is 48.3 Å². The van der Waals surface area contributed by atoms with E-state index in [4.69, 9.17) is 4.74 Å². The van der Waals surface area contributed by atoms with Gasteiger partial charge in [0.2, 0.25) is 0 Å². The highest BCUT2D eigenvalue weighted by Crippen LogP contribution is 2.40. The fourth-order valence-electron chi connectivity index (χ4n) is 3.97. The van der Waals surface area contributed by atoms with Gasteiger partial charge in [-0.25, -0.2) is 0 Å². The maximum atomic E-state index is 9.35. The molecule has 1 aromatic carbocycles. The molecule has 1 N–H and O–H groups in total. The zero-order valence-electron chi connectivity index (χ0n) is 14.5. The van der Waals surface area contributed by atoms with Crippen molar-refractivity contribution in [2.24, 2.45) is 11.8 Å². The molecule has 0 radical (unpaired) electrons. The molecule has 0 bridgehead atoms. The minimum Gasteiger partial charge on any atom is -0.508 e. The minimum atomic E-state index is 0.329. The van der Waals surface area contributed by atoms with Crippen LogP contribution >= 0.6 is 11.8 Å². The number of likely N-dealkylation sites (tertiary alicyclic amines) is 1. The van der Waals surface area contributed by atoms with E-state index in [0.29, 0.717) is 11.9 Å². The third-order valence-electron chi connectivity index (χ3n) is 5.22. The lowest BCUT2D eigenvalue weighted by molar-refractivity contribution is 0.189. The first-order valence-electron chi connectivity index (χ1n) is 8.89. The normalized spacial score (nSPS) is 25.9. The maximum absolute atomic E-state index is 9.35. The molecule has 3 atom stereocenters. The lowest BCUT2D eigenvalue weighted by atomic mass is 10.0. The maximum Gasteiger partial charge on any atom is 0.138 e. The van der Waals surface area contributed by atoms with E-state index >= 15 is 0 Å². The van der Waals surface area contributed by atoms with Gasteiger partial charge >= 0.3 is 0 Å². The molecule has 4 rings (SSSR count). The number of pyridine rings is 1. The van der Waals surface area contributed by atoms with E-state index in [1.54, 1.807) is 12.1 Å². The third kappa shape index (κ3) is 4.10. The van der Waals surface area contributed by atoms with Crippen LogP contribution in [0.15, 0.2) is 47.5 Å². The van der Waals surface area contributed by atoms with Crippen LogP contribution in [-0.4, -0.2) is 40.1 Å². The van der Waals surface area contributed by atoms with E-state index in [1.165, 1.54) is 18.0 Å². The molecule has 1 aromatic heterocycles. The van der Waals surface area contributed by atoms with E-state index in [2.05, 4.69) is 9.88 Å². The van der Waals surface area contributed by atoms with Crippen LogP contribution in [0.2, 0.25) is 0 Å². The van der Waals surface area contributed by atoms with E-state index in [0.717, 1.165) is 42.0 Å². The summed E-state index contributed by atoms with van der Waals surface area (Å²) in [5.74, 6) is 3.75. The topological polar surface area (TPSA) is 45.6 Å². The summed E-state index contributed by atoms with van der Waals surface area (Å²) in [5, 5.41) is 9.35. The minimum absolute atomic E-state index is 0.329. The number of benzene rings is 1. The van der Waals surface area contributed by atoms with Gasteiger partial charge in [0.05, 0.1) is 12.3 Å². The summed E-state index contributed by atoms with van der Waals surface area (Å²) < 4.78 is 6.13. The van der Waals surface area contributed by atoms with Gasteiger partial charge in [0, 0.05) is 29.6 Å². The van der Waals surface area contributed by atoms with Crippen molar-refractivity contribution in [1.29, 1.82) is 0 Å². The molecule has 0 spiro atoms. The smallest absolute Gasteiger partial charge is 0.138 e. The van der Waals surface area contributed by atoms with Crippen LogP contribution < -0.4 is 4.74 Å². The second kappa shape index (κ2) is 7.26. The Morgan fingerprint density at radius 3 is 2.48 bits per heavy atom. The fourth-order valence-corrected chi connectivity index (χ4v) is 4.84. The van der Waals surface area contributed by atoms with E-state index < -0.39 is 0 Å². The third-order valence-corrected chi connectivity index (χ3v) is 6.32. The summed E-state index contributed by atoms with van der Waals surface area (Å²) in [5.41, 5.74) is 1.03. The van der Waals surface area contributed by atoms with E-state index in [1.807, 2.05) is 49.1 Å². The fraction of sp³-hybridized carbons (Fsp3) is 0.450. The Kier molecular flexibility index (Phi) is 4.86. The van der Waals surface area contributed by atoms with Crippen molar-refractivity contribution in [3.63, 3.8) is 0 Å². The average Bonchev–Trinajstić information content (AvgIpc) is 3.14. The van der Waals surface area contributed by atoms with Crippen molar-refractivity contribution < 1.29 is 9.84 Å². The molecule has 5 heteroatoms. The number of fused-ring (bicyclic) bond motifs is 1. The van der Waals surface area contributed by atoms with Gasteiger partial charge in [-0.05, 0) is 68.0 Å². The molecule has 0 amide bonds. The quantitative estimate of drug-likeness (QED) is 0.823. The van der Waals surface area contributed by atoms with Crippen LogP contribution in [-0.2, 0) is 0 Å². The summed E-state index contributed by atoms with van der Waals surface area (Å²) in [6, 6.07) is 11.5. The van der Waals surface area contributed by atoms with Crippen molar-refractivity contribution in [2.45, 2.75) is 30.8 Å². The number of nitrogens with zero attached hydrogens (tertiary/aromatic N) is 2. The van der Waals surface area contributed by atoms with Crippen LogP contribution in [0.5, 0.6) is 11.5 Å². The molecule has 2 fully saturated rings. The van der Waals surface area contributed by atoms with E-state index in [9.17, 15) is 5.11 Å². The Labute approximate surface area is 153 Å². The van der Waals surface area contributed by atoms with E-state index in [-0.39, 0.29) is 0 Å². The summed E-state index contributed by atoms with van der Waals surface area (Å²) in [6.45, 7) is 4.33. The number of ether oxygens (including phenoxy) is 1. The molecule has 2 heterocycles.